The van der Waals surface area contributed by atoms with E-state index < -0.39 is 17.4 Å². The molecule has 2 fully saturated rings. The SMILES string of the molecule is COC(=O)C1(NC(=O)c2cccn3c(=O)c4cc(C5CC5)ccc4nc23)CCCC1. The van der Waals surface area contributed by atoms with Crippen LogP contribution in [0.1, 0.15) is 60.4 Å². The highest BCUT2D eigenvalue weighted by atomic mass is 16.5. The lowest BCUT2D eigenvalue weighted by molar-refractivity contribution is -0.148. The molecule has 2 aromatic heterocycles. The van der Waals surface area contributed by atoms with Gasteiger partial charge in [0, 0.05) is 6.20 Å². The standard InChI is InChI=1S/C23H23N3O4/c1-30-22(29)23(10-2-3-11-23)25-20(27)16-5-4-12-26-19(16)24-18-9-8-15(14-6-7-14)13-17(18)21(26)28/h4-5,8-9,12-14H,2-3,6-7,10-11H2,1H3,(H,25,27). The molecule has 0 aliphatic heterocycles. The second-order valence-electron chi connectivity index (χ2n) is 8.32. The molecule has 30 heavy (non-hydrogen) atoms. The number of fused-ring (bicyclic) bond motifs is 2. The Bertz CT molecular complexity index is 1240. The normalized spacial score (nSPS) is 17.9. The van der Waals surface area contributed by atoms with Crippen LogP contribution >= 0.6 is 0 Å². The number of amides is 1. The minimum Gasteiger partial charge on any atom is -0.467 e. The van der Waals surface area contributed by atoms with E-state index in [-0.39, 0.29) is 16.8 Å². The first-order valence-electron chi connectivity index (χ1n) is 10.4. The Labute approximate surface area is 173 Å². The number of aromatic nitrogens is 2. The van der Waals surface area contributed by atoms with Crippen molar-refractivity contribution in [3.05, 3.63) is 58.0 Å². The molecule has 154 valence electrons. The van der Waals surface area contributed by atoms with Crippen molar-refractivity contribution >= 4 is 28.4 Å². The summed E-state index contributed by atoms with van der Waals surface area (Å²) in [5, 5.41) is 3.43. The molecular weight excluding hydrogens is 382 g/mol. The van der Waals surface area contributed by atoms with Gasteiger partial charge in [0.05, 0.1) is 23.6 Å². The van der Waals surface area contributed by atoms with E-state index in [9.17, 15) is 14.4 Å². The fourth-order valence-corrected chi connectivity index (χ4v) is 4.53. The maximum Gasteiger partial charge on any atom is 0.331 e. The summed E-state index contributed by atoms with van der Waals surface area (Å²) in [4.78, 5) is 43.3. The van der Waals surface area contributed by atoms with Gasteiger partial charge in [0.1, 0.15) is 5.54 Å². The van der Waals surface area contributed by atoms with Crippen molar-refractivity contribution in [1.82, 2.24) is 14.7 Å². The molecule has 2 heterocycles. The number of hydrogen-bond acceptors (Lipinski definition) is 5. The average Bonchev–Trinajstić information content (AvgIpc) is 3.51. The van der Waals surface area contributed by atoms with Crippen LogP contribution in [0.3, 0.4) is 0 Å². The van der Waals surface area contributed by atoms with Crippen LogP contribution in [-0.2, 0) is 9.53 Å². The number of ether oxygens (including phenoxy) is 1. The Morgan fingerprint density at radius 3 is 2.67 bits per heavy atom. The highest BCUT2D eigenvalue weighted by Gasteiger charge is 2.44. The molecule has 0 radical (unpaired) electrons. The molecule has 2 aliphatic carbocycles. The summed E-state index contributed by atoms with van der Waals surface area (Å²) in [6.07, 6.45) is 6.69. The molecule has 7 heteroatoms. The third-order valence-corrected chi connectivity index (χ3v) is 6.34. The van der Waals surface area contributed by atoms with Gasteiger partial charge in [0.15, 0.2) is 5.65 Å². The highest BCUT2D eigenvalue weighted by Crippen LogP contribution is 2.40. The largest absolute Gasteiger partial charge is 0.467 e. The second-order valence-corrected chi connectivity index (χ2v) is 8.32. The van der Waals surface area contributed by atoms with E-state index in [2.05, 4.69) is 10.3 Å². The molecule has 0 saturated heterocycles. The second kappa shape index (κ2) is 6.93. The van der Waals surface area contributed by atoms with Crippen LogP contribution in [0, 0.1) is 0 Å². The fraction of sp³-hybridized carbons (Fsp3) is 0.391. The minimum absolute atomic E-state index is 0.198. The van der Waals surface area contributed by atoms with Crippen LogP contribution in [0.2, 0.25) is 0 Å². The van der Waals surface area contributed by atoms with Gasteiger partial charge in [-0.1, -0.05) is 18.9 Å². The zero-order valence-electron chi connectivity index (χ0n) is 16.8. The van der Waals surface area contributed by atoms with E-state index in [0.717, 1.165) is 31.2 Å². The number of carbonyl (C=O) groups is 2. The predicted octanol–water partition coefficient (Wildman–Crippen LogP) is 2.94. The molecule has 0 unspecified atom stereocenters. The van der Waals surface area contributed by atoms with E-state index in [1.54, 1.807) is 18.3 Å². The Morgan fingerprint density at radius 1 is 1.20 bits per heavy atom. The zero-order valence-corrected chi connectivity index (χ0v) is 16.8. The van der Waals surface area contributed by atoms with Crippen LogP contribution < -0.4 is 10.9 Å². The van der Waals surface area contributed by atoms with Crippen molar-refractivity contribution in [1.29, 1.82) is 0 Å². The molecule has 0 bridgehead atoms. The zero-order chi connectivity index (χ0) is 20.9. The lowest BCUT2D eigenvalue weighted by Crippen LogP contribution is -2.53. The third-order valence-electron chi connectivity index (χ3n) is 6.34. The summed E-state index contributed by atoms with van der Waals surface area (Å²) in [6, 6.07) is 9.07. The van der Waals surface area contributed by atoms with E-state index in [4.69, 9.17) is 4.74 Å². The van der Waals surface area contributed by atoms with E-state index in [1.165, 1.54) is 11.5 Å². The molecule has 3 aromatic rings. The number of hydrogen-bond donors (Lipinski definition) is 1. The van der Waals surface area contributed by atoms with Gasteiger partial charge in [0.25, 0.3) is 11.5 Å². The van der Waals surface area contributed by atoms with Gasteiger partial charge in [0.2, 0.25) is 0 Å². The van der Waals surface area contributed by atoms with Gasteiger partial charge < -0.3 is 10.1 Å². The van der Waals surface area contributed by atoms with E-state index in [0.29, 0.717) is 29.7 Å². The van der Waals surface area contributed by atoms with Gasteiger partial charge >= 0.3 is 5.97 Å². The minimum atomic E-state index is -1.02. The number of rotatable bonds is 4. The van der Waals surface area contributed by atoms with Crippen molar-refractivity contribution in [2.75, 3.05) is 7.11 Å². The Balaban J connectivity index is 1.60. The number of nitrogens with one attached hydrogen (secondary N) is 1. The molecular formula is C23H23N3O4. The molecule has 1 amide bonds. The number of benzene rings is 1. The van der Waals surface area contributed by atoms with Gasteiger partial charge in [-0.15, -0.1) is 0 Å². The molecule has 2 saturated carbocycles. The summed E-state index contributed by atoms with van der Waals surface area (Å²) in [6.45, 7) is 0. The maximum absolute atomic E-state index is 13.2. The fourth-order valence-electron chi connectivity index (χ4n) is 4.53. The van der Waals surface area contributed by atoms with Crippen molar-refractivity contribution < 1.29 is 14.3 Å². The molecule has 5 rings (SSSR count). The van der Waals surface area contributed by atoms with E-state index >= 15 is 0 Å². The first-order valence-corrected chi connectivity index (χ1v) is 10.4. The van der Waals surface area contributed by atoms with E-state index in [1.807, 2.05) is 18.2 Å². The molecule has 7 nitrogen and oxygen atoms in total. The predicted molar refractivity (Wildman–Crippen MR) is 112 cm³/mol. The first kappa shape index (κ1) is 18.8. The first-order chi connectivity index (χ1) is 14.5. The number of methoxy groups -OCH3 is 1. The van der Waals surface area contributed by atoms with Gasteiger partial charge in [-0.2, -0.15) is 0 Å². The summed E-state index contributed by atoms with van der Waals surface area (Å²) in [5.74, 6) is -0.328. The van der Waals surface area contributed by atoms with Gasteiger partial charge in [-0.05, 0) is 61.4 Å². The molecule has 1 N–H and O–H groups in total. The van der Waals surface area contributed by atoms with Crippen LogP contribution in [0.25, 0.3) is 16.6 Å². The quantitative estimate of drug-likeness (QED) is 0.532. The van der Waals surface area contributed by atoms with Crippen LogP contribution in [0.5, 0.6) is 0 Å². The molecule has 2 aliphatic rings. The highest BCUT2D eigenvalue weighted by molar-refractivity contribution is 6.03. The molecule has 1 aromatic carbocycles. The van der Waals surface area contributed by atoms with Gasteiger partial charge in [-0.3, -0.25) is 14.0 Å². The van der Waals surface area contributed by atoms with Crippen molar-refractivity contribution in [2.24, 2.45) is 0 Å². The summed E-state index contributed by atoms with van der Waals surface area (Å²) >= 11 is 0. The molecule has 0 spiro atoms. The third kappa shape index (κ3) is 2.96. The number of nitrogens with zero attached hydrogens (tertiary/aromatic N) is 2. The van der Waals surface area contributed by atoms with Crippen LogP contribution in [-0.4, -0.2) is 33.9 Å². The summed E-state index contributed by atoms with van der Waals surface area (Å²) in [5.41, 5.74) is 1.05. The number of carbonyl (C=O) groups excluding carboxylic acids is 2. The summed E-state index contributed by atoms with van der Waals surface area (Å²) in [7, 11) is 1.33. The Morgan fingerprint density at radius 2 is 1.97 bits per heavy atom. The number of esters is 1. The maximum atomic E-state index is 13.2. The Hall–Kier alpha value is -3.22. The lowest BCUT2D eigenvalue weighted by Gasteiger charge is -2.27. The average molecular weight is 405 g/mol. The molecule has 0 atom stereocenters. The van der Waals surface area contributed by atoms with Crippen LogP contribution in [0.4, 0.5) is 0 Å². The smallest absolute Gasteiger partial charge is 0.331 e. The number of pyridine rings is 1. The van der Waals surface area contributed by atoms with Crippen molar-refractivity contribution in [3.63, 3.8) is 0 Å². The van der Waals surface area contributed by atoms with Gasteiger partial charge in [-0.25, -0.2) is 9.78 Å². The Kier molecular flexibility index (Phi) is 4.34. The van der Waals surface area contributed by atoms with Crippen molar-refractivity contribution in [2.45, 2.75) is 50.0 Å². The van der Waals surface area contributed by atoms with Crippen molar-refractivity contribution in [3.8, 4) is 0 Å². The summed E-state index contributed by atoms with van der Waals surface area (Å²) < 4.78 is 6.36. The lowest BCUT2D eigenvalue weighted by atomic mass is 9.97. The topological polar surface area (TPSA) is 89.8 Å². The van der Waals surface area contributed by atoms with Crippen LogP contribution in [0.15, 0.2) is 41.3 Å². The monoisotopic (exact) mass is 405 g/mol.